The Morgan fingerprint density at radius 3 is 2.50 bits per heavy atom. The number of rotatable bonds is 3. The van der Waals surface area contributed by atoms with E-state index in [0.717, 1.165) is 12.8 Å². The van der Waals surface area contributed by atoms with Crippen LogP contribution < -0.4 is 11.1 Å². The maximum absolute atomic E-state index is 11.2. The van der Waals surface area contributed by atoms with Gasteiger partial charge in [0.1, 0.15) is 0 Å². The Hall–Kier alpha value is -1.71. The lowest BCUT2D eigenvalue weighted by Gasteiger charge is -2.19. The molecule has 18 heavy (non-hydrogen) atoms. The van der Waals surface area contributed by atoms with Crippen LogP contribution in [-0.2, 0) is 0 Å². The Balaban J connectivity index is 2.14. The van der Waals surface area contributed by atoms with Gasteiger partial charge in [0.25, 0.3) is 0 Å². The summed E-state index contributed by atoms with van der Waals surface area (Å²) in [6.07, 6.45) is 7.23. The van der Waals surface area contributed by atoms with Crippen molar-refractivity contribution >= 4 is 17.3 Å². The summed E-state index contributed by atoms with van der Waals surface area (Å²) in [5.74, 6) is -0.932. The minimum atomic E-state index is -0.932. The van der Waals surface area contributed by atoms with Gasteiger partial charge in [-0.05, 0) is 31.0 Å². The normalized spacial score (nSPS) is 17.1. The molecule has 2 rings (SSSR count). The van der Waals surface area contributed by atoms with Crippen molar-refractivity contribution in [3.63, 3.8) is 0 Å². The van der Waals surface area contributed by atoms with Crippen molar-refractivity contribution in [2.45, 2.75) is 44.6 Å². The largest absolute Gasteiger partial charge is 0.478 e. The van der Waals surface area contributed by atoms with Crippen LogP contribution in [0, 0.1) is 0 Å². The molecule has 0 bridgehead atoms. The lowest BCUT2D eigenvalue weighted by atomic mass is 10.1. The molecule has 0 radical (unpaired) electrons. The molecular formula is C14H20N2O2. The summed E-state index contributed by atoms with van der Waals surface area (Å²) >= 11 is 0. The van der Waals surface area contributed by atoms with Gasteiger partial charge in [-0.3, -0.25) is 0 Å². The van der Waals surface area contributed by atoms with Crippen LogP contribution in [-0.4, -0.2) is 17.1 Å². The molecule has 4 nitrogen and oxygen atoms in total. The first kappa shape index (κ1) is 12.7. The molecule has 0 heterocycles. The number of hydrogen-bond acceptors (Lipinski definition) is 3. The standard InChI is InChI=1S/C14H20N2O2/c15-10-7-8-13(12(9-10)14(17)18)16-11-5-3-1-2-4-6-11/h7-9,11,16H,1-6,15H2,(H,17,18). The van der Waals surface area contributed by atoms with E-state index in [4.69, 9.17) is 5.73 Å². The lowest BCUT2D eigenvalue weighted by Crippen LogP contribution is -2.20. The number of hydrogen-bond donors (Lipinski definition) is 3. The van der Waals surface area contributed by atoms with Gasteiger partial charge in [-0.25, -0.2) is 4.79 Å². The second-order valence-corrected chi connectivity index (χ2v) is 4.94. The molecule has 1 saturated carbocycles. The number of nitrogens with one attached hydrogen (secondary N) is 1. The molecule has 0 amide bonds. The molecule has 0 aromatic heterocycles. The fourth-order valence-corrected chi connectivity index (χ4v) is 2.51. The van der Waals surface area contributed by atoms with E-state index in [9.17, 15) is 9.90 Å². The number of benzene rings is 1. The summed E-state index contributed by atoms with van der Waals surface area (Å²) < 4.78 is 0. The molecule has 0 atom stereocenters. The molecule has 0 aliphatic heterocycles. The highest BCUT2D eigenvalue weighted by molar-refractivity contribution is 5.95. The highest BCUT2D eigenvalue weighted by Crippen LogP contribution is 2.24. The summed E-state index contributed by atoms with van der Waals surface area (Å²) in [7, 11) is 0. The zero-order valence-corrected chi connectivity index (χ0v) is 10.5. The maximum atomic E-state index is 11.2. The molecule has 1 aromatic rings. The first-order valence-electron chi connectivity index (χ1n) is 6.56. The predicted molar refractivity (Wildman–Crippen MR) is 72.9 cm³/mol. The summed E-state index contributed by atoms with van der Waals surface area (Å²) in [6, 6.07) is 5.41. The third kappa shape index (κ3) is 3.15. The molecule has 4 heteroatoms. The molecule has 98 valence electrons. The van der Waals surface area contributed by atoms with Gasteiger partial charge in [-0.2, -0.15) is 0 Å². The third-order valence-electron chi connectivity index (χ3n) is 3.49. The number of carboxylic acid groups (broad SMARTS) is 1. The van der Waals surface area contributed by atoms with Crippen molar-refractivity contribution in [1.29, 1.82) is 0 Å². The molecule has 0 unspecified atom stereocenters. The smallest absolute Gasteiger partial charge is 0.337 e. The van der Waals surface area contributed by atoms with Crippen molar-refractivity contribution in [1.82, 2.24) is 0 Å². The number of aromatic carboxylic acids is 1. The van der Waals surface area contributed by atoms with Crippen molar-refractivity contribution in [3.8, 4) is 0 Å². The maximum Gasteiger partial charge on any atom is 0.337 e. The van der Waals surface area contributed by atoms with Gasteiger partial charge >= 0.3 is 5.97 Å². The van der Waals surface area contributed by atoms with Gasteiger partial charge < -0.3 is 16.2 Å². The number of nitrogen functional groups attached to an aromatic ring is 1. The van der Waals surface area contributed by atoms with Gasteiger partial charge in [0.05, 0.1) is 5.56 Å². The number of carboxylic acids is 1. The second kappa shape index (κ2) is 5.76. The van der Waals surface area contributed by atoms with Crippen molar-refractivity contribution in [3.05, 3.63) is 23.8 Å². The highest BCUT2D eigenvalue weighted by atomic mass is 16.4. The minimum Gasteiger partial charge on any atom is -0.478 e. The molecule has 1 aliphatic carbocycles. The topological polar surface area (TPSA) is 75.3 Å². The van der Waals surface area contributed by atoms with E-state index >= 15 is 0 Å². The highest BCUT2D eigenvalue weighted by Gasteiger charge is 2.16. The van der Waals surface area contributed by atoms with Crippen LogP contribution in [0.25, 0.3) is 0 Å². The number of carbonyl (C=O) groups is 1. The molecule has 1 aromatic carbocycles. The van der Waals surface area contributed by atoms with Crippen LogP contribution in [0.15, 0.2) is 18.2 Å². The first-order valence-corrected chi connectivity index (χ1v) is 6.56. The van der Waals surface area contributed by atoms with Gasteiger partial charge in [0.2, 0.25) is 0 Å². The van der Waals surface area contributed by atoms with E-state index in [1.165, 1.54) is 31.7 Å². The Labute approximate surface area is 107 Å². The van der Waals surface area contributed by atoms with E-state index in [1.54, 1.807) is 12.1 Å². The molecule has 0 spiro atoms. The second-order valence-electron chi connectivity index (χ2n) is 4.94. The Morgan fingerprint density at radius 1 is 1.22 bits per heavy atom. The van der Waals surface area contributed by atoms with E-state index in [-0.39, 0.29) is 5.56 Å². The van der Waals surface area contributed by atoms with Crippen LogP contribution in [0.4, 0.5) is 11.4 Å². The molecule has 4 N–H and O–H groups in total. The molecular weight excluding hydrogens is 228 g/mol. The molecule has 0 saturated heterocycles. The van der Waals surface area contributed by atoms with Gasteiger partial charge in [0.15, 0.2) is 0 Å². The van der Waals surface area contributed by atoms with Crippen LogP contribution in [0.5, 0.6) is 0 Å². The summed E-state index contributed by atoms with van der Waals surface area (Å²) in [5, 5.41) is 12.5. The number of nitrogens with two attached hydrogens (primary N) is 1. The van der Waals surface area contributed by atoms with Crippen molar-refractivity contribution in [2.24, 2.45) is 0 Å². The van der Waals surface area contributed by atoms with Crippen LogP contribution >= 0.6 is 0 Å². The van der Waals surface area contributed by atoms with Crippen LogP contribution in [0.1, 0.15) is 48.9 Å². The quantitative estimate of drug-likeness (QED) is 0.567. The van der Waals surface area contributed by atoms with E-state index in [0.29, 0.717) is 17.4 Å². The monoisotopic (exact) mass is 248 g/mol. The zero-order valence-electron chi connectivity index (χ0n) is 10.5. The summed E-state index contributed by atoms with van der Waals surface area (Å²) in [5.41, 5.74) is 7.06. The minimum absolute atomic E-state index is 0.263. The summed E-state index contributed by atoms with van der Waals surface area (Å²) in [4.78, 5) is 11.2. The Kier molecular flexibility index (Phi) is 4.07. The number of anilines is 2. The average Bonchev–Trinajstić information content (AvgIpc) is 2.60. The molecule has 1 aliphatic rings. The Bertz CT molecular complexity index is 424. The predicted octanol–water partition coefficient (Wildman–Crippen LogP) is 3.10. The van der Waals surface area contributed by atoms with E-state index in [1.807, 2.05) is 0 Å². The summed E-state index contributed by atoms with van der Waals surface area (Å²) in [6.45, 7) is 0. The van der Waals surface area contributed by atoms with Crippen molar-refractivity contribution in [2.75, 3.05) is 11.1 Å². The van der Waals surface area contributed by atoms with Gasteiger partial charge in [0, 0.05) is 17.4 Å². The average molecular weight is 248 g/mol. The fourth-order valence-electron chi connectivity index (χ4n) is 2.51. The molecule has 1 fully saturated rings. The Morgan fingerprint density at radius 2 is 1.89 bits per heavy atom. The zero-order chi connectivity index (χ0) is 13.0. The van der Waals surface area contributed by atoms with Gasteiger partial charge in [-0.1, -0.05) is 25.7 Å². The van der Waals surface area contributed by atoms with E-state index < -0.39 is 5.97 Å². The van der Waals surface area contributed by atoms with Crippen LogP contribution in [0.2, 0.25) is 0 Å². The van der Waals surface area contributed by atoms with Crippen LogP contribution in [0.3, 0.4) is 0 Å². The third-order valence-corrected chi connectivity index (χ3v) is 3.49. The van der Waals surface area contributed by atoms with Crippen molar-refractivity contribution < 1.29 is 9.90 Å². The fraction of sp³-hybridized carbons (Fsp3) is 0.500. The van der Waals surface area contributed by atoms with Gasteiger partial charge in [-0.15, -0.1) is 0 Å². The van der Waals surface area contributed by atoms with E-state index in [2.05, 4.69) is 5.32 Å². The lowest BCUT2D eigenvalue weighted by molar-refractivity contribution is 0.0698. The first-order chi connectivity index (χ1) is 8.66. The SMILES string of the molecule is Nc1ccc(NC2CCCCCC2)c(C(=O)O)c1.